The Hall–Kier alpha value is -2.21. The highest BCUT2D eigenvalue weighted by Crippen LogP contribution is 2.43. The van der Waals surface area contributed by atoms with E-state index in [1.807, 2.05) is 0 Å². The highest BCUT2D eigenvalue weighted by molar-refractivity contribution is 6.33. The Balaban J connectivity index is 2.97. The van der Waals surface area contributed by atoms with Gasteiger partial charge >= 0.3 is 5.97 Å². The molecule has 0 bridgehead atoms. The highest BCUT2D eigenvalue weighted by Gasteiger charge is 2.20. The lowest BCUT2D eigenvalue weighted by Crippen LogP contribution is -2.03. The Labute approximate surface area is 119 Å². The maximum absolute atomic E-state index is 11.1. The number of aromatic carboxylic acids is 1. The van der Waals surface area contributed by atoms with Gasteiger partial charge in [0.05, 0.1) is 31.7 Å². The standard InChI is InChI=1S/C13H12ClNO5/c1-18-8-5-7(13(16)17)15-11-9(19-2)4-6(14)12(20-3)10(8)11/h4-5H,1-3H3,(H,16,17). The van der Waals surface area contributed by atoms with Gasteiger partial charge in [0.15, 0.2) is 11.4 Å². The number of benzene rings is 1. The van der Waals surface area contributed by atoms with E-state index in [2.05, 4.69) is 4.98 Å². The fourth-order valence-electron chi connectivity index (χ4n) is 1.91. The topological polar surface area (TPSA) is 77.9 Å². The van der Waals surface area contributed by atoms with Crippen molar-refractivity contribution in [2.75, 3.05) is 21.3 Å². The van der Waals surface area contributed by atoms with Gasteiger partial charge in [-0.1, -0.05) is 11.6 Å². The summed E-state index contributed by atoms with van der Waals surface area (Å²) < 4.78 is 15.7. The van der Waals surface area contributed by atoms with E-state index in [0.717, 1.165) is 0 Å². The smallest absolute Gasteiger partial charge is 0.354 e. The van der Waals surface area contributed by atoms with Crippen LogP contribution in [0.4, 0.5) is 0 Å². The number of methoxy groups -OCH3 is 3. The average molecular weight is 298 g/mol. The minimum Gasteiger partial charge on any atom is -0.496 e. The first-order valence-electron chi connectivity index (χ1n) is 5.56. The third-order valence-electron chi connectivity index (χ3n) is 2.78. The third-order valence-corrected chi connectivity index (χ3v) is 3.06. The molecule has 106 valence electrons. The van der Waals surface area contributed by atoms with E-state index in [0.29, 0.717) is 33.2 Å². The molecule has 2 aromatic rings. The van der Waals surface area contributed by atoms with Crippen LogP contribution in [0.2, 0.25) is 5.02 Å². The Kier molecular flexibility index (Phi) is 3.85. The number of nitrogens with zero attached hydrogens (tertiary/aromatic N) is 1. The van der Waals surface area contributed by atoms with Gasteiger partial charge in [0, 0.05) is 12.1 Å². The molecule has 20 heavy (non-hydrogen) atoms. The second-order valence-corrected chi connectivity index (χ2v) is 4.24. The highest BCUT2D eigenvalue weighted by atomic mass is 35.5. The van der Waals surface area contributed by atoms with Crippen LogP contribution in [0.25, 0.3) is 10.9 Å². The monoisotopic (exact) mass is 297 g/mol. The first-order valence-corrected chi connectivity index (χ1v) is 5.93. The summed E-state index contributed by atoms with van der Waals surface area (Å²) in [4.78, 5) is 15.2. The Morgan fingerprint density at radius 1 is 1.15 bits per heavy atom. The van der Waals surface area contributed by atoms with E-state index in [-0.39, 0.29) is 5.69 Å². The van der Waals surface area contributed by atoms with Crippen molar-refractivity contribution in [1.82, 2.24) is 4.98 Å². The molecule has 0 saturated carbocycles. The molecule has 0 saturated heterocycles. The van der Waals surface area contributed by atoms with Crippen molar-refractivity contribution in [3.05, 3.63) is 22.8 Å². The van der Waals surface area contributed by atoms with Crippen LogP contribution in [0.5, 0.6) is 17.2 Å². The van der Waals surface area contributed by atoms with E-state index < -0.39 is 5.97 Å². The molecule has 1 heterocycles. The molecule has 7 heteroatoms. The van der Waals surface area contributed by atoms with Crippen molar-refractivity contribution >= 4 is 28.5 Å². The number of pyridine rings is 1. The summed E-state index contributed by atoms with van der Waals surface area (Å²) in [6, 6.07) is 2.82. The van der Waals surface area contributed by atoms with Gasteiger partial charge in [-0.3, -0.25) is 0 Å². The summed E-state index contributed by atoms with van der Waals surface area (Å²) >= 11 is 6.11. The lowest BCUT2D eigenvalue weighted by atomic mass is 10.1. The number of fused-ring (bicyclic) bond motifs is 1. The molecule has 0 radical (unpaired) electrons. The van der Waals surface area contributed by atoms with Crippen LogP contribution in [-0.2, 0) is 0 Å². The lowest BCUT2D eigenvalue weighted by Gasteiger charge is -2.14. The molecule has 0 amide bonds. The van der Waals surface area contributed by atoms with Gasteiger partial charge in [-0.15, -0.1) is 0 Å². The van der Waals surface area contributed by atoms with Crippen LogP contribution in [0.15, 0.2) is 12.1 Å². The molecule has 0 aliphatic carbocycles. The number of halogens is 1. The number of rotatable bonds is 4. The second kappa shape index (κ2) is 5.42. The molecule has 0 fully saturated rings. The zero-order valence-electron chi connectivity index (χ0n) is 11.1. The molecule has 6 nitrogen and oxygen atoms in total. The Bertz CT molecular complexity index is 686. The summed E-state index contributed by atoms with van der Waals surface area (Å²) in [6.45, 7) is 0. The fourth-order valence-corrected chi connectivity index (χ4v) is 2.18. The van der Waals surface area contributed by atoms with Gasteiger partial charge in [0.1, 0.15) is 17.0 Å². The van der Waals surface area contributed by atoms with Crippen molar-refractivity contribution < 1.29 is 24.1 Å². The molecule has 0 aliphatic heterocycles. The number of hydrogen-bond donors (Lipinski definition) is 1. The molecule has 1 N–H and O–H groups in total. The van der Waals surface area contributed by atoms with Gasteiger partial charge in [0.2, 0.25) is 0 Å². The molecule has 0 atom stereocenters. The predicted octanol–water partition coefficient (Wildman–Crippen LogP) is 2.61. The SMILES string of the molecule is COc1cc(Cl)c(OC)c2c(OC)cc(C(=O)O)nc12. The summed E-state index contributed by atoms with van der Waals surface area (Å²) in [5.41, 5.74) is 0.155. The first kappa shape index (κ1) is 14.2. The summed E-state index contributed by atoms with van der Waals surface area (Å²) in [5, 5.41) is 9.87. The van der Waals surface area contributed by atoms with Crippen molar-refractivity contribution in [3.8, 4) is 17.2 Å². The van der Waals surface area contributed by atoms with Crippen LogP contribution in [0.3, 0.4) is 0 Å². The Morgan fingerprint density at radius 3 is 2.30 bits per heavy atom. The van der Waals surface area contributed by atoms with E-state index in [1.54, 1.807) is 0 Å². The molecule has 0 unspecified atom stereocenters. The van der Waals surface area contributed by atoms with Gasteiger partial charge in [0.25, 0.3) is 0 Å². The maximum Gasteiger partial charge on any atom is 0.354 e. The molecule has 1 aromatic carbocycles. The number of carbonyl (C=O) groups is 1. The molecular formula is C13H12ClNO5. The van der Waals surface area contributed by atoms with E-state index >= 15 is 0 Å². The Morgan fingerprint density at radius 2 is 1.80 bits per heavy atom. The minimum absolute atomic E-state index is 0.156. The quantitative estimate of drug-likeness (QED) is 0.934. The average Bonchev–Trinajstić information content (AvgIpc) is 2.45. The zero-order chi connectivity index (χ0) is 14.9. The van der Waals surface area contributed by atoms with Crippen molar-refractivity contribution in [3.63, 3.8) is 0 Å². The summed E-state index contributed by atoms with van der Waals surface area (Å²) in [5.74, 6) is -0.179. The van der Waals surface area contributed by atoms with Crippen molar-refractivity contribution in [1.29, 1.82) is 0 Å². The van der Waals surface area contributed by atoms with Crippen molar-refractivity contribution in [2.24, 2.45) is 0 Å². The van der Waals surface area contributed by atoms with Crippen LogP contribution in [0, 0.1) is 0 Å². The summed E-state index contributed by atoms with van der Waals surface area (Å²) in [7, 11) is 4.32. The van der Waals surface area contributed by atoms with Gasteiger partial charge < -0.3 is 19.3 Å². The molecule has 2 rings (SSSR count). The summed E-state index contributed by atoms with van der Waals surface area (Å²) in [6.07, 6.45) is 0. The van der Waals surface area contributed by atoms with E-state index in [4.69, 9.17) is 30.9 Å². The van der Waals surface area contributed by atoms with Crippen LogP contribution in [-0.4, -0.2) is 37.4 Å². The number of hydrogen-bond acceptors (Lipinski definition) is 5. The number of aromatic nitrogens is 1. The zero-order valence-corrected chi connectivity index (χ0v) is 11.8. The van der Waals surface area contributed by atoms with E-state index in [1.165, 1.54) is 33.5 Å². The van der Waals surface area contributed by atoms with Gasteiger partial charge in [-0.05, 0) is 0 Å². The number of carboxylic acid groups (broad SMARTS) is 1. The molecule has 0 aliphatic rings. The van der Waals surface area contributed by atoms with Crippen LogP contribution in [0.1, 0.15) is 10.5 Å². The number of ether oxygens (including phenoxy) is 3. The maximum atomic E-state index is 11.1. The fraction of sp³-hybridized carbons (Fsp3) is 0.231. The third kappa shape index (κ3) is 2.18. The first-order chi connectivity index (χ1) is 9.53. The van der Waals surface area contributed by atoms with Crippen molar-refractivity contribution in [2.45, 2.75) is 0 Å². The normalized spacial score (nSPS) is 10.4. The molecular weight excluding hydrogens is 286 g/mol. The van der Waals surface area contributed by atoms with Crippen LogP contribution >= 0.6 is 11.6 Å². The number of carboxylic acids is 1. The lowest BCUT2D eigenvalue weighted by molar-refractivity contribution is 0.0690. The largest absolute Gasteiger partial charge is 0.496 e. The molecule has 0 spiro atoms. The second-order valence-electron chi connectivity index (χ2n) is 3.83. The van der Waals surface area contributed by atoms with E-state index in [9.17, 15) is 4.79 Å². The minimum atomic E-state index is -1.17. The predicted molar refractivity (Wildman–Crippen MR) is 73.4 cm³/mol. The van der Waals surface area contributed by atoms with Gasteiger partial charge in [-0.25, -0.2) is 9.78 Å². The molecule has 1 aromatic heterocycles. The van der Waals surface area contributed by atoms with Crippen LogP contribution < -0.4 is 14.2 Å². The van der Waals surface area contributed by atoms with Gasteiger partial charge in [-0.2, -0.15) is 0 Å².